The summed E-state index contributed by atoms with van der Waals surface area (Å²) in [6.45, 7) is 2.04. The number of alkyl halides is 1. The third-order valence-corrected chi connectivity index (χ3v) is 4.46. The molecule has 1 aliphatic rings. The van der Waals surface area contributed by atoms with Crippen LogP contribution in [0.1, 0.15) is 23.7 Å². The molecule has 1 fully saturated rings. The van der Waals surface area contributed by atoms with Crippen LogP contribution in [0.25, 0.3) is 10.9 Å². The monoisotopic (exact) mass is 371 g/mol. The second kappa shape index (κ2) is 7.06. The zero-order valence-electron chi connectivity index (χ0n) is 13.9. The Labute approximate surface area is 146 Å². The molecule has 1 aromatic carbocycles. The van der Waals surface area contributed by atoms with E-state index < -0.39 is 45.9 Å². The van der Waals surface area contributed by atoms with Gasteiger partial charge in [0.15, 0.2) is 17.5 Å². The van der Waals surface area contributed by atoms with E-state index in [1.54, 1.807) is 6.92 Å². The summed E-state index contributed by atoms with van der Waals surface area (Å²) in [4.78, 5) is 24.8. The first-order valence-corrected chi connectivity index (χ1v) is 8.19. The van der Waals surface area contributed by atoms with E-state index in [1.165, 1.54) is 4.57 Å². The molecule has 1 saturated heterocycles. The lowest BCUT2D eigenvalue weighted by atomic mass is 10.1. The number of nitrogens with zero attached hydrogens (tertiary/aromatic N) is 1. The Balaban J connectivity index is 1.98. The standard InChI is InChI=1S/C17H17F4N3O2/c1-2-24-7-11(17(26)23-6-9-3-8(18)5-22-9)16(25)10-4-12(19)13(20)14(21)15(10)24/h4,7-9,22H,2-3,5-6H2,1H3,(H,23,26)/t8-,9-/m0/s1. The average Bonchev–Trinajstić information content (AvgIpc) is 3.04. The molecule has 2 atom stereocenters. The summed E-state index contributed by atoms with van der Waals surface area (Å²) in [7, 11) is 0. The topological polar surface area (TPSA) is 63.1 Å². The van der Waals surface area contributed by atoms with E-state index in [0.717, 1.165) is 6.20 Å². The number of amides is 1. The van der Waals surface area contributed by atoms with E-state index in [9.17, 15) is 27.2 Å². The van der Waals surface area contributed by atoms with E-state index in [2.05, 4.69) is 10.6 Å². The lowest BCUT2D eigenvalue weighted by Gasteiger charge is -2.14. The second-order valence-electron chi connectivity index (χ2n) is 6.19. The van der Waals surface area contributed by atoms with Crippen LogP contribution in [0.5, 0.6) is 0 Å². The molecule has 1 amide bonds. The van der Waals surface area contributed by atoms with Gasteiger partial charge in [-0.25, -0.2) is 17.6 Å². The maximum atomic E-state index is 14.1. The zero-order chi connectivity index (χ0) is 19.0. The molecule has 2 aromatic rings. The van der Waals surface area contributed by atoms with Crippen LogP contribution in [0.3, 0.4) is 0 Å². The van der Waals surface area contributed by atoms with Gasteiger partial charge in [0, 0.05) is 31.9 Å². The van der Waals surface area contributed by atoms with Crippen molar-refractivity contribution in [2.45, 2.75) is 32.1 Å². The van der Waals surface area contributed by atoms with E-state index in [4.69, 9.17) is 0 Å². The predicted molar refractivity (Wildman–Crippen MR) is 87.4 cm³/mol. The molecule has 26 heavy (non-hydrogen) atoms. The minimum atomic E-state index is -1.68. The first-order chi connectivity index (χ1) is 12.3. The lowest BCUT2D eigenvalue weighted by molar-refractivity contribution is 0.0948. The summed E-state index contributed by atoms with van der Waals surface area (Å²) >= 11 is 0. The highest BCUT2D eigenvalue weighted by molar-refractivity contribution is 5.97. The number of hydrogen-bond donors (Lipinski definition) is 2. The molecular weight excluding hydrogens is 354 g/mol. The highest BCUT2D eigenvalue weighted by atomic mass is 19.2. The number of aromatic nitrogens is 1. The van der Waals surface area contributed by atoms with Crippen LogP contribution in [0.15, 0.2) is 17.1 Å². The number of pyridine rings is 1. The summed E-state index contributed by atoms with van der Waals surface area (Å²) in [6.07, 6.45) is 0.364. The zero-order valence-corrected chi connectivity index (χ0v) is 13.9. The van der Waals surface area contributed by atoms with Crippen LogP contribution in [-0.2, 0) is 6.54 Å². The summed E-state index contributed by atoms with van der Waals surface area (Å²) in [6, 6.07) is 0.331. The number of benzene rings is 1. The van der Waals surface area contributed by atoms with Crippen LogP contribution in [0.4, 0.5) is 17.6 Å². The molecule has 1 aromatic heterocycles. The Morgan fingerprint density at radius 1 is 1.35 bits per heavy atom. The fourth-order valence-corrected chi connectivity index (χ4v) is 3.11. The Bertz CT molecular complexity index is 929. The summed E-state index contributed by atoms with van der Waals surface area (Å²) in [5.74, 6) is -5.40. The van der Waals surface area contributed by atoms with Gasteiger partial charge >= 0.3 is 0 Å². The predicted octanol–water partition coefficient (Wildman–Crippen LogP) is 1.87. The smallest absolute Gasteiger partial charge is 0.256 e. The summed E-state index contributed by atoms with van der Waals surface area (Å²) in [5, 5.41) is 4.99. The maximum absolute atomic E-state index is 14.1. The fraction of sp³-hybridized carbons (Fsp3) is 0.412. The molecule has 5 nitrogen and oxygen atoms in total. The largest absolute Gasteiger partial charge is 0.350 e. The number of nitrogens with one attached hydrogen (secondary N) is 2. The van der Waals surface area contributed by atoms with Gasteiger partial charge < -0.3 is 15.2 Å². The Morgan fingerprint density at radius 2 is 2.08 bits per heavy atom. The molecule has 0 aliphatic carbocycles. The van der Waals surface area contributed by atoms with Gasteiger partial charge in [0.1, 0.15) is 11.7 Å². The number of aryl methyl sites for hydroxylation is 1. The first kappa shape index (κ1) is 18.4. The van der Waals surface area contributed by atoms with Gasteiger partial charge in [0.2, 0.25) is 5.43 Å². The second-order valence-corrected chi connectivity index (χ2v) is 6.19. The molecule has 9 heteroatoms. The van der Waals surface area contributed by atoms with Gasteiger partial charge in [-0.05, 0) is 19.4 Å². The van der Waals surface area contributed by atoms with Crippen molar-refractivity contribution < 1.29 is 22.4 Å². The SMILES string of the molecule is CCn1cc(C(=O)NC[C@@H]2C[C@H](F)CN2)c(=O)c2cc(F)c(F)c(F)c21. The molecule has 140 valence electrons. The molecule has 2 heterocycles. The maximum Gasteiger partial charge on any atom is 0.256 e. The van der Waals surface area contributed by atoms with Crippen molar-refractivity contribution in [2.24, 2.45) is 0 Å². The normalized spacial score (nSPS) is 19.9. The van der Waals surface area contributed by atoms with E-state index in [-0.39, 0.29) is 37.7 Å². The summed E-state index contributed by atoms with van der Waals surface area (Å²) < 4.78 is 55.5. The van der Waals surface area contributed by atoms with Crippen LogP contribution in [0, 0.1) is 17.5 Å². The van der Waals surface area contributed by atoms with Gasteiger partial charge in [-0.15, -0.1) is 0 Å². The fourth-order valence-electron chi connectivity index (χ4n) is 3.11. The molecule has 0 radical (unpaired) electrons. The number of carbonyl (C=O) groups excluding carboxylic acids is 1. The molecule has 0 unspecified atom stereocenters. The summed E-state index contributed by atoms with van der Waals surface area (Å²) in [5.41, 5.74) is -1.62. The van der Waals surface area contributed by atoms with Gasteiger partial charge in [-0.2, -0.15) is 0 Å². The Morgan fingerprint density at radius 3 is 2.69 bits per heavy atom. The number of carbonyl (C=O) groups is 1. The van der Waals surface area contributed by atoms with Gasteiger partial charge in [0.05, 0.1) is 10.9 Å². The van der Waals surface area contributed by atoms with E-state index in [0.29, 0.717) is 6.07 Å². The Hall–Kier alpha value is -2.42. The minimum Gasteiger partial charge on any atom is -0.350 e. The number of rotatable bonds is 4. The molecular formula is C17H17F4N3O2. The van der Waals surface area contributed by atoms with Crippen LogP contribution in [-0.4, -0.2) is 35.8 Å². The van der Waals surface area contributed by atoms with Gasteiger partial charge in [0.25, 0.3) is 5.91 Å². The van der Waals surface area contributed by atoms with Crippen molar-refractivity contribution in [3.8, 4) is 0 Å². The van der Waals surface area contributed by atoms with Crippen LogP contribution < -0.4 is 16.1 Å². The lowest BCUT2D eigenvalue weighted by Crippen LogP contribution is -2.39. The van der Waals surface area contributed by atoms with Crippen molar-refractivity contribution in [3.63, 3.8) is 0 Å². The van der Waals surface area contributed by atoms with Crippen molar-refractivity contribution in [3.05, 3.63) is 45.5 Å². The molecule has 3 rings (SSSR count). The molecule has 0 bridgehead atoms. The third kappa shape index (κ3) is 3.18. The van der Waals surface area contributed by atoms with E-state index in [1.807, 2.05) is 0 Å². The highest BCUT2D eigenvalue weighted by Gasteiger charge is 2.25. The molecule has 2 N–H and O–H groups in total. The molecule has 1 aliphatic heterocycles. The van der Waals surface area contributed by atoms with Crippen molar-refractivity contribution in [2.75, 3.05) is 13.1 Å². The van der Waals surface area contributed by atoms with Crippen molar-refractivity contribution in [1.29, 1.82) is 0 Å². The minimum absolute atomic E-state index is 0.106. The van der Waals surface area contributed by atoms with E-state index >= 15 is 0 Å². The quantitative estimate of drug-likeness (QED) is 0.637. The van der Waals surface area contributed by atoms with Crippen LogP contribution in [0.2, 0.25) is 0 Å². The molecule has 0 spiro atoms. The highest BCUT2D eigenvalue weighted by Crippen LogP contribution is 2.21. The number of halogens is 4. The first-order valence-electron chi connectivity index (χ1n) is 8.19. The van der Waals surface area contributed by atoms with Crippen molar-refractivity contribution in [1.82, 2.24) is 15.2 Å². The third-order valence-electron chi connectivity index (χ3n) is 4.46. The van der Waals surface area contributed by atoms with Gasteiger partial charge in [-0.3, -0.25) is 9.59 Å². The number of hydrogen-bond acceptors (Lipinski definition) is 3. The van der Waals surface area contributed by atoms with Crippen LogP contribution >= 0.6 is 0 Å². The van der Waals surface area contributed by atoms with Crippen molar-refractivity contribution >= 4 is 16.8 Å². The molecule has 0 saturated carbocycles. The Kier molecular flexibility index (Phi) is 4.99. The average molecular weight is 371 g/mol. The van der Waals surface area contributed by atoms with Gasteiger partial charge in [-0.1, -0.05) is 0 Å². The number of fused-ring (bicyclic) bond motifs is 1.